The summed E-state index contributed by atoms with van der Waals surface area (Å²) >= 11 is 5.38. The minimum Gasteiger partial charge on any atom is -0.358 e. The fourth-order valence-electron chi connectivity index (χ4n) is 2.35. The van der Waals surface area contributed by atoms with Crippen molar-refractivity contribution in [3.05, 3.63) is 65.0 Å². The third-order valence-corrected chi connectivity index (χ3v) is 3.85. The topological polar surface area (TPSA) is 24.1 Å². The Morgan fingerprint density at radius 2 is 1.59 bits per heavy atom. The molecule has 0 amide bonds. The Bertz CT molecular complexity index is 616. The summed E-state index contributed by atoms with van der Waals surface area (Å²) in [5.74, 6) is -0.228. The smallest absolute Gasteiger partial charge is 0.171 e. The number of hydrogen-bond donors (Lipinski definition) is 2. The van der Waals surface area contributed by atoms with Crippen molar-refractivity contribution in [3.8, 4) is 0 Å². The van der Waals surface area contributed by atoms with Crippen molar-refractivity contribution in [3.63, 3.8) is 0 Å². The summed E-state index contributed by atoms with van der Waals surface area (Å²) in [6.07, 6.45) is 1.91. The predicted octanol–water partition coefficient (Wildman–Crippen LogP) is 4.44. The molecule has 0 aromatic heterocycles. The molecule has 2 nitrogen and oxygen atoms in total. The zero-order chi connectivity index (χ0) is 15.9. The first-order valence-corrected chi connectivity index (χ1v) is 7.95. The normalized spacial score (nSPS) is 10.3. The molecule has 0 saturated heterocycles. The van der Waals surface area contributed by atoms with Crippen LogP contribution in [0.25, 0.3) is 0 Å². The number of rotatable bonds is 5. The van der Waals surface area contributed by atoms with Crippen molar-refractivity contribution in [1.29, 1.82) is 0 Å². The zero-order valence-electron chi connectivity index (χ0n) is 12.9. The second-order valence-electron chi connectivity index (χ2n) is 5.09. The highest BCUT2D eigenvalue weighted by Crippen LogP contribution is 2.22. The van der Waals surface area contributed by atoms with E-state index in [-0.39, 0.29) is 5.82 Å². The summed E-state index contributed by atoms with van der Waals surface area (Å²) in [6.45, 7) is 4.84. The van der Waals surface area contributed by atoms with E-state index in [9.17, 15) is 4.39 Å². The van der Waals surface area contributed by atoms with Gasteiger partial charge in [-0.3, -0.25) is 0 Å². The van der Waals surface area contributed by atoms with Crippen LogP contribution in [0.5, 0.6) is 0 Å². The van der Waals surface area contributed by atoms with Crippen molar-refractivity contribution in [2.45, 2.75) is 33.2 Å². The molecule has 22 heavy (non-hydrogen) atoms. The largest absolute Gasteiger partial charge is 0.358 e. The van der Waals surface area contributed by atoms with Crippen molar-refractivity contribution in [2.75, 3.05) is 5.32 Å². The van der Waals surface area contributed by atoms with Crippen LogP contribution in [0.3, 0.4) is 0 Å². The number of hydrogen-bond acceptors (Lipinski definition) is 1. The summed E-state index contributed by atoms with van der Waals surface area (Å²) in [7, 11) is 0. The van der Waals surface area contributed by atoms with E-state index in [1.807, 2.05) is 0 Å². The van der Waals surface area contributed by atoms with E-state index in [0.717, 1.165) is 24.1 Å². The van der Waals surface area contributed by atoms with Gasteiger partial charge in [-0.05, 0) is 53.9 Å². The van der Waals surface area contributed by atoms with Gasteiger partial charge in [-0.25, -0.2) is 4.39 Å². The van der Waals surface area contributed by atoms with Crippen LogP contribution in [0.15, 0.2) is 42.5 Å². The summed E-state index contributed by atoms with van der Waals surface area (Å²) in [4.78, 5) is 0. The highest BCUT2D eigenvalue weighted by molar-refractivity contribution is 7.80. The summed E-state index contributed by atoms with van der Waals surface area (Å²) in [5.41, 5.74) is 4.60. The highest BCUT2D eigenvalue weighted by Gasteiger charge is 2.07. The molecule has 0 atom stereocenters. The Morgan fingerprint density at radius 3 is 2.14 bits per heavy atom. The molecule has 2 rings (SSSR count). The predicted molar refractivity (Wildman–Crippen MR) is 94.7 cm³/mol. The number of aryl methyl sites for hydroxylation is 2. The monoisotopic (exact) mass is 316 g/mol. The molecule has 0 spiro atoms. The maximum Gasteiger partial charge on any atom is 0.171 e. The number of benzene rings is 2. The Hall–Kier alpha value is -1.94. The Morgan fingerprint density at radius 1 is 1.00 bits per heavy atom. The second kappa shape index (κ2) is 7.90. The van der Waals surface area contributed by atoms with E-state index >= 15 is 0 Å². The van der Waals surface area contributed by atoms with Crippen LogP contribution in [0, 0.1) is 5.82 Å². The molecule has 2 aromatic rings. The number of thiocarbonyl (C=S) groups is 1. The average Bonchev–Trinajstić information content (AvgIpc) is 2.54. The van der Waals surface area contributed by atoms with Gasteiger partial charge in [-0.15, -0.1) is 0 Å². The molecule has 2 N–H and O–H groups in total. The number of para-hydroxylation sites is 1. The minimum absolute atomic E-state index is 0.228. The van der Waals surface area contributed by atoms with E-state index < -0.39 is 0 Å². The van der Waals surface area contributed by atoms with Crippen LogP contribution in [0.4, 0.5) is 10.1 Å². The van der Waals surface area contributed by atoms with Crippen LogP contribution in [-0.4, -0.2) is 5.11 Å². The zero-order valence-corrected chi connectivity index (χ0v) is 13.8. The molecule has 0 fully saturated rings. The molecular weight excluding hydrogens is 295 g/mol. The molecule has 0 heterocycles. The highest BCUT2D eigenvalue weighted by atomic mass is 32.1. The summed E-state index contributed by atoms with van der Waals surface area (Å²) < 4.78 is 12.9. The summed E-state index contributed by atoms with van der Waals surface area (Å²) in [5, 5.41) is 7.06. The molecule has 2 aromatic carbocycles. The van der Waals surface area contributed by atoms with Crippen LogP contribution in [0.1, 0.15) is 30.5 Å². The lowest BCUT2D eigenvalue weighted by molar-refractivity contribution is 0.627. The fraction of sp³-hybridized carbons (Fsp3) is 0.278. The molecule has 0 aliphatic rings. The van der Waals surface area contributed by atoms with Crippen molar-refractivity contribution in [1.82, 2.24) is 5.32 Å². The lowest BCUT2D eigenvalue weighted by Crippen LogP contribution is -2.28. The molecule has 0 aliphatic heterocycles. The first-order chi connectivity index (χ1) is 10.6. The number of anilines is 1. The third kappa shape index (κ3) is 4.28. The van der Waals surface area contributed by atoms with Crippen molar-refractivity contribution < 1.29 is 4.39 Å². The fourth-order valence-corrected chi connectivity index (χ4v) is 2.52. The lowest BCUT2D eigenvalue weighted by atomic mass is 10.0. The number of halogens is 1. The van der Waals surface area contributed by atoms with Crippen molar-refractivity contribution >= 4 is 23.0 Å². The van der Waals surface area contributed by atoms with Gasteiger partial charge in [0.1, 0.15) is 5.82 Å². The first-order valence-electron chi connectivity index (χ1n) is 7.54. The van der Waals surface area contributed by atoms with E-state index in [1.165, 1.54) is 23.3 Å². The molecule has 4 heteroatoms. The first kappa shape index (κ1) is 16.4. The van der Waals surface area contributed by atoms with Gasteiger partial charge < -0.3 is 10.6 Å². The van der Waals surface area contributed by atoms with Crippen molar-refractivity contribution in [2.24, 2.45) is 0 Å². The van der Waals surface area contributed by atoms with E-state index in [0.29, 0.717) is 11.7 Å². The van der Waals surface area contributed by atoms with Crippen LogP contribution in [0.2, 0.25) is 0 Å². The quantitative estimate of drug-likeness (QED) is 0.798. The van der Waals surface area contributed by atoms with Gasteiger partial charge in [0.25, 0.3) is 0 Å². The average molecular weight is 316 g/mol. The SMILES string of the molecule is CCc1cccc(CC)c1NC(=S)NCc1ccc(F)cc1. The van der Waals surface area contributed by atoms with Gasteiger partial charge in [0, 0.05) is 12.2 Å². The maximum atomic E-state index is 12.9. The van der Waals surface area contributed by atoms with Gasteiger partial charge in [0.2, 0.25) is 0 Å². The van der Waals surface area contributed by atoms with Gasteiger partial charge >= 0.3 is 0 Å². The maximum absolute atomic E-state index is 12.9. The molecule has 0 unspecified atom stereocenters. The van der Waals surface area contributed by atoms with Crippen LogP contribution < -0.4 is 10.6 Å². The van der Waals surface area contributed by atoms with Gasteiger partial charge in [-0.2, -0.15) is 0 Å². The molecule has 0 saturated carbocycles. The molecule has 0 bridgehead atoms. The Labute approximate surface area is 136 Å². The Balaban J connectivity index is 2.01. The van der Waals surface area contributed by atoms with E-state index in [4.69, 9.17) is 12.2 Å². The third-order valence-electron chi connectivity index (χ3n) is 3.60. The standard InChI is InChI=1S/C18H21FN2S/c1-3-14-6-5-7-15(4-2)17(14)21-18(22)20-12-13-8-10-16(19)11-9-13/h5-11H,3-4,12H2,1-2H3,(H2,20,21,22). The van der Waals surface area contributed by atoms with Gasteiger partial charge in [-0.1, -0.05) is 44.2 Å². The molecular formula is C18H21FN2S. The second-order valence-corrected chi connectivity index (χ2v) is 5.50. The minimum atomic E-state index is -0.228. The molecule has 116 valence electrons. The van der Waals surface area contributed by atoms with Gasteiger partial charge in [0.05, 0.1) is 0 Å². The van der Waals surface area contributed by atoms with E-state index in [1.54, 1.807) is 12.1 Å². The van der Waals surface area contributed by atoms with Gasteiger partial charge in [0.15, 0.2) is 5.11 Å². The molecule has 0 radical (unpaired) electrons. The lowest BCUT2D eigenvalue weighted by Gasteiger charge is -2.17. The summed E-state index contributed by atoms with van der Waals surface area (Å²) in [6, 6.07) is 12.7. The molecule has 0 aliphatic carbocycles. The number of nitrogens with one attached hydrogen (secondary N) is 2. The van der Waals surface area contributed by atoms with Crippen LogP contribution in [-0.2, 0) is 19.4 Å². The van der Waals surface area contributed by atoms with Crippen LogP contribution >= 0.6 is 12.2 Å². The Kier molecular flexibility index (Phi) is 5.90. The van der Waals surface area contributed by atoms with E-state index in [2.05, 4.69) is 42.7 Å².